The van der Waals surface area contributed by atoms with E-state index in [9.17, 15) is 14.0 Å². The van der Waals surface area contributed by atoms with Crippen molar-refractivity contribution in [3.63, 3.8) is 0 Å². The number of benzene rings is 1. The topological polar surface area (TPSA) is 55.2 Å². The van der Waals surface area contributed by atoms with Crippen LogP contribution in [0.3, 0.4) is 0 Å². The number of allylic oxidation sites excluding steroid dienone is 2. The molecule has 27 heavy (non-hydrogen) atoms. The molecule has 0 N–H and O–H groups in total. The van der Waals surface area contributed by atoms with Crippen LogP contribution in [0.1, 0.15) is 23.4 Å². The van der Waals surface area contributed by atoms with Crippen molar-refractivity contribution < 1.29 is 14.0 Å². The molecule has 0 radical (unpaired) electrons. The fourth-order valence-corrected chi connectivity index (χ4v) is 5.05. The Bertz CT molecular complexity index is 962. The third-order valence-electron chi connectivity index (χ3n) is 6.28. The minimum Gasteiger partial charge on any atom is -0.274 e. The predicted octanol–water partition coefficient (Wildman–Crippen LogP) is 3.00. The summed E-state index contributed by atoms with van der Waals surface area (Å²) < 4.78 is 14.9. The Labute approximate surface area is 156 Å². The number of aromatic nitrogens is 2. The van der Waals surface area contributed by atoms with Gasteiger partial charge in [0.15, 0.2) is 0 Å². The zero-order valence-electron chi connectivity index (χ0n) is 15.2. The lowest BCUT2D eigenvalue weighted by Gasteiger charge is -2.18. The van der Waals surface area contributed by atoms with Crippen LogP contribution in [0.5, 0.6) is 0 Å². The second-order valence-electron chi connectivity index (χ2n) is 7.82. The highest BCUT2D eigenvalue weighted by Crippen LogP contribution is 2.53. The molecule has 3 aliphatic rings. The van der Waals surface area contributed by atoms with Crippen molar-refractivity contribution in [3.8, 4) is 0 Å². The Balaban J connectivity index is 1.49. The molecule has 4 unspecified atom stereocenters. The third-order valence-corrected chi connectivity index (χ3v) is 6.28. The lowest BCUT2D eigenvalue weighted by molar-refractivity contribution is -0.123. The van der Waals surface area contributed by atoms with Gasteiger partial charge >= 0.3 is 0 Å². The SMILES string of the molecule is Cc1nn(Cc2ccc(F)cc2)c(C)c1N1C(=O)C2C3C=CC(C3)C2C1=O. The zero-order chi connectivity index (χ0) is 18.9. The van der Waals surface area contributed by atoms with Gasteiger partial charge in [-0.05, 0) is 49.8 Å². The highest BCUT2D eigenvalue weighted by Gasteiger charge is 2.60. The van der Waals surface area contributed by atoms with Crippen molar-refractivity contribution in [3.05, 3.63) is 59.2 Å². The van der Waals surface area contributed by atoms with Gasteiger partial charge in [0.1, 0.15) is 5.82 Å². The molecule has 2 heterocycles. The van der Waals surface area contributed by atoms with Crippen LogP contribution < -0.4 is 4.90 Å². The monoisotopic (exact) mass is 365 g/mol. The number of anilines is 1. The van der Waals surface area contributed by atoms with Crippen LogP contribution in [-0.2, 0) is 16.1 Å². The molecule has 4 atom stereocenters. The molecule has 1 saturated carbocycles. The summed E-state index contributed by atoms with van der Waals surface area (Å²) >= 11 is 0. The number of amides is 2. The molecule has 0 spiro atoms. The van der Waals surface area contributed by atoms with E-state index in [0.29, 0.717) is 17.9 Å². The van der Waals surface area contributed by atoms with Gasteiger partial charge in [0.2, 0.25) is 11.8 Å². The summed E-state index contributed by atoms with van der Waals surface area (Å²) in [7, 11) is 0. The number of rotatable bonds is 3. The van der Waals surface area contributed by atoms with Crippen molar-refractivity contribution in [2.45, 2.75) is 26.8 Å². The van der Waals surface area contributed by atoms with E-state index in [0.717, 1.165) is 17.7 Å². The molecule has 2 fully saturated rings. The lowest BCUT2D eigenvalue weighted by Crippen LogP contribution is -2.33. The summed E-state index contributed by atoms with van der Waals surface area (Å²) in [6, 6.07) is 6.26. The highest BCUT2D eigenvalue weighted by molar-refractivity contribution is 6.23. The number of nitrogens with zero attached hydrogens (tertiary/aromatic N) is 3. The van der Waals surface area contributed by atoms with Gasteiger partial charge in [-0.15, -0.1) is 0 Å². The van der Waals surface area contributed by atoms with E-state index in [-0.39, 0.29) is 41.3 Å². The maximum absolute atomic E-state index is 13.1. The van der Waals surface area contributed by atoms with Crippen LogP contribution in [0, 0.1) is 43.3 Å². The van der Waals surface area contributed by atoms with Crippen LogP contribution in [0.15, 0.2) is 36.4 Å². The Morgan fingerprint density at radius 2 is 1.63 bits per heavy atom. The Morgan fingerprint density at radius 3 is 2.22 bits per heavy atom. The van der Waals surface area contributed by atoms with Gasteiger partial charge in [-0.1, -0.05) is 24.3 Å². The van der Waals surface area contributed by atoms with E-state index >= 15 is 0 Å². The van der Waals surface area contributed by atoms with Crippen molar-refractivity contribution >= 4 is 17.5 Å². The molecule has 6 heteroatoms. The second-order valence-corrected chi connectivity index (χ2v) is 7.82. The van der Waals surface area contributed by atoms with E-state index < -0.39 is 0 Å². The van der Waals surface area contributed by atoms with E-state index in [1.807, 2.05) is 13.8 Å². The quantitative estimate of drug-likeness (QED) is 0.621. The Hall–Kier alpha value is -2.76. The average Bonchev–Trinajstić information content (AvgIpc) is 3.37. The standard InChI is InChI=1S/C21H20FN3O2/c1-11-19(12(2)24(23-11)10-13-3-7-16(22)8-4-13)25-20(26)17-14-5-6-15(9-14)18(17)21(25)27/h3-8,14-15,17-18H,9-10H2,1-2H3. The summed E-state index contributed by atoms with van der Waals surface area (Å²) in [6.45, 7) is 4.16. The average molecular weight is 365 g/mol. The van der Waals surface area contributed by atoms with Crippen LogP contribution in [0.25, 0.3) is 0 Å². The van der Waals surface area contributed by atoms with Gasteiger partial charge < -0.3 is 0 Å². The maximum atomic E-state index is 13.1. The molecule has 1 aromatic heterocycles. The van der Waals surface area contributed by atoms with Crippen LogP contribution in [-0.4, -0.2) is 21.6 Å². The molecule has 5 nitrogen and oxygen atoms in total. The smallest absolute Gasteiger partial charge is 0.238 e. The molecule has 1 aromatic carbocycles. The van der Waals surface area contributed by atoms with E-state index in [4.69, 9.17) is 0 Å². The van der Waals surface area contributed by atoms with Crippen molar-refractivity contribution in [1.82, 2.24) is 9.78 Å². The zero-order valence-corrected chi connectivity index (χ0v) is 15.2. The molecule has 138 valence electrons. The molecular formula is C21H20FN3O2. The largest absolute Gasteiger partial charge is 0.274 e. The first kappa shape index (κ1) is 16.4. The molecule has 2 aromatic rings. The number of halogens is 1. The second kappa shape index (κ2) is 5.62. The van der Waals surface area contributed by atoms with Gasteiger partial charge in [0.25, 0.3) is 0 Å². The number of hydrogen-bond donors (Lipinski definition) is 0. The number of fused-ring (bicyclic) bond motifs is 5. The molecule has 2 amide bonds. The van der Waals surface area contributed by atoms with E-state index in [1.54, 1.807) is 16.8 Å². The van der Waals surface area contributed by atoms with Crippen molar-refractivity contribution in [1.29, 1.82) is 0 Å². The Kier molecular flexibility index (Phi) is 3.41. The summed E-state index contributed by atoms with van der Waals surface area (Å²) in [5, 5.41) is 4.55. The van der Waals surface area contributed by atoms with E-state index in [1.165, 1.54) is 17.0 Å². The summed E-state index contributed by atoms with van der Waals surface area (Å²) in [4.78, 5) is 27.6. The van der Waals surface area contributed by atoms with Crippen LogP contribution in [0.4, 0.5) is 10.1 Å². The fourth-order valence-electron chi connectivity index (χ4n) is 5.05. The summed E-state index contributed by atoms with van der Waals surface area (Å²) in [5.41, 5.74) is 2.96. The lowest BCUT2D eigenvalue weighted by atomic mass is 9.85. The molecule has 1 aliphatic heterocycles. The van der Waals surface area contributed by atoms with Gasteiger partial charge in [-0.3, -0.25) is 14.3 Å². The first-order valence-electron chi connectivity index (χ1n) is 9.30. The van der Waals surface area contributed by atoms with E-state index in [2.05, 4.69) is 17.3 Å². The molecule has 1 saturated heterocycles. The predicted molar refractivity (Wildman–Crippen MR) is 97.4 cm³/mol. The minimum atomic E-state index is -0.282. The molecule has 2 aliphatic carbocycles. The number of hydrogen-bond acceptors (Lipinski definition) is 3. The molecule has 2 bridgehead atoms. The molecular weight excluding hydrogens is 345 g/mol. The summed E-state index contributed by atoms with van der Waals surface area (Å²) in [6.07, 6.45) is 5.11. The normalized spacial score (nSPS) is 28.5. The molecule has 5 rings (SSSR count). The van der Waals surface area contributed by atoms with Gasteiger partial charge in [0.05, 0.1) is 35.5 Å². The number of imide groups is 1. The number of aryl methyl sites for hydroxylation is 1. The first-order chi connectivity index (χ1) is 13.0. The van der Waals surface area contributed by atoms with Gasteiger partial charge in [-0.2, -0.15) is 5.10 Å². The number of carbonyl (C=O) groups is 2. The minimum absolute atomic E-state index is 0.0885. The summed E-state index contributed by atoms with van der Waals surface area (Å²) in [5.74, 6) is -0.509. The maximum Gasteiger partial charge on any atom is 0.238 e. The highest BCUT2D eigenvalue weighted by atomic mass is 19.1. The Morgan fingerprint density at radius 1 is 1.04 bits per heavy atom. The van der Waals surface area contributed by atoms with Gasteiger partial charge in [-0.25, -0.2) is 9.29 Å². The number of carbonyl (C=O) groups excluding carboxylic acids is 2. The third kappa shape index (κ3) is 2.25. The van der Waals surface area contributed by atoms with Crippen molar-refractivity contribution in [2.75, 3.05) is 4.90 Å². The van der Waals surface area contributed by atoms with Crippen molar-refractivity contribution in [2.24, 2.45) is 23.7 Å². The van der Waals surface area contributed by atoms with Gasteiger partial charge in [0, 0.05) is 0 Å². The fraction of sp³-hybridized carbons (Fsp3) is 0.381. The first-order valence-corrected chi connectivity index (χ1v) is 9.30. The van der Waals surface area contributed by atoms with Crippen LogP contribution in [0.2, 0.25) is 0 Å². The van der Waals surface area contributed by atoms with Crippen LogP contribution >= 0.6 is 0 Å².